The molecule has 6 heteroatoms. The van der Waals surface area contributed by atoms with Gasteiger partial charge in [-0.1, -0.05) is 29.8 Å². The first-order valence-electron chi connectivity index (χ1n) is 10.1. The predicted octanol–water partition coefficient (Wildman–Crippen LogP) is 3.49. The largest absolute Gasteiger partial charge is 0.349 e. The maximum atomic E-state index is 12.8. The number of hydrogen-bond acceptors (Lipinski definition) is 4. The van der Waals surface area contributed by atoms with Crippen LogP contribution in [0.5, 0.6) is 0 Å². The lowest BCUT2D eigenvalue weighted by Crippen LogP contribution is -2.46. The van der Waals surface area contributed by atoms with Crippen LogP contribution >= 0.6 is 0 Å². The Morgan fingerprint density at radius 2 is 1.47 bits per heavy atom. The van der Waals surface area contributed by atoms with E-state index >= 15 is 0 Å². The predicted molar refractivity (Wildman–Crippen MR) is 115 cm³/mol. The molecule has 1 aliphatic heterocycles. The average Bonchev–Trinajstić information content (AvgIpc) is 2.80. The van der Waals surface area contributed by atoms with Gasteiger partial charge in [0.2, 0.25) is 0 Å². The number of amides is 2. The smallest absolute Gasteiger partial charge is 0.253 e. The number of carbonyl (C=O) groups excluding carboxylic acids is 2. The van der Waals surface area contributed by atoms with Gasteiger partial charge in [-0.05, 0) is 49.6 Å². The van der Waals surface area contributed by atoms with Gasteiger partial charge in [-0.15, -0.1) is 0 Å². The highest BCUT2D eigenvalue weighted by atomic mass is 16.2. The standard InChI is InChI=1S/C24H24N4O2/c1-17-2-4-19(5-3-17)23(29)27-22-10-12-28(13-11-22)24(30)20-8-6-18(7-9-20)21-14-25-16-26-15-21/h2-9,14-16,22H,10-13H2,1H3,(H,27,29). The van der Waals surface area contributed by atoms with E-state index in [0.717, 1.165) is 29.5 Å². The van der Waals surface area contributed by atoms with E-state index in [1.165, 1.54) is 6.33 Å². The Kier molecular flexibility index (Phi) is 5.84. The molecule has 2 aromatic carbocycles. The zero-order chi connectivity index (χ0) is 20.9. The molecule has 0 saturated carbocycles. The molecule has 30 heavy (non-hydrogen) atoms. The molecule has 1 fully saturated rings. The topological polar surface area (TPSA) is 75.2 Å². The van der Waals surface area contributed by atoms with Crippen molar-refractivity contribution >= 4 is 11.8 Å². The van der Waals surface area contributed by atoms with E-state index < -0.39 is 0 Å². The van der Waals surface area contributed by atoms with Crippen molar-refractivity contribution in [2.75, 3.05) is 13.1 Å². The summed E-state index contributed by atoms with van der Waals surface area (Å²) in [5.74, 6) is -0.0329. The molecule has 1 N–H and O–H groups in total. The van der Waals surface area contributed by atoms with Crippen LogP contribution in [0.15, 0.2) is 67.3 Å². The van der Waals surface area contributed by atoms with Gasteiger partial charge in [0.15, 0.2) is 0 Å². The third-order valence-corrected chi connectivity index (χ3v) is 5.46. The molecule has 4 rings (SSSR count). The molecule has 0 atom stereocenters. The number of nitrogens with one attached hydrogen (secondary N) is 1. The second-order valence-corrected chi connectivity index (χ2v) is 7.61. The van der Waals surface area contributed by atoms with Gasteiger partial charge in [-0.25, -0.2) is 9.97 Å². The summed E-state index contributed by atoms with van der Waals surface area (Å²) in [6.07, 6.45) is 6.50. The lowest BCUT2D eigenvalue weighted by atomic mass is 10.0. The van der Waals surface area contributed by atoms with Gasteiger partial charge < -0.3 is 10.2 Å². The zero-order valence-corrected chi connectivity index (χ0v) is 16.9. The fourth-order valence-electron chi connectivity index (χ4n) is 3.64. The van der Waals surface area contributed by atoms with E-state index in [1.54, 1.807) is 12.4 Å². The van der Waals surface area contributed by atoms with Crippen molar-refractivity contribution in [1.29, 1.82) is 0 Å². The zero-order valence-electron chi connectivity index (χ0n) is 16.9. The minimum Gasteiger partial charge on any atom is -0.349 e. The van der Waals surface area contributed by atoms with E-state index in [0.29, 0.717) is 24.2 Å². The summed E-state index contributed by atoms with van der Waals surface area (Å²) >= 11 is 0. The maximum Gasteiger partial charge on any atom is 0.253 e. The van der Waals surface area contributed by atoms with Crippen LogP contribution in [-0.4, -0.2) is 45.8 Å². The van der Waals surface area contributed by atoms with Crippen LogP contribution in [0.3, 0.4) is 0 Å². The highest BCUT2D eigenvalue weighted by Gasteiger charge is 2.25. The summed E-state index contributed by atoms with van der Waals surface area (Å²) < 4.78 is 0. The Labute approximate surface area is 176 Å². The Morgan fingerprint density at radius 3 is 2.10 bits per heavy atom. The molecule has 0 radical (unpaired) electrons. The summed E-state index contributed by atoms with van der Waals surface area (Å²) in [5, 5.41) is 3.09. The lowest BCUT2D eigenvalue weighted by molar-refractivity contribution is 0.0698. The van der Waals surface area contributed by atoms with Crippen LogP contribution in [0.1, 0.15) is 39.1 Å². The molecular formula is C24H24N4O2. The number of hydrogen-bond donors (Lipinski definition) is 1. The molecule has 2 amide bonds. The SMILES string of the molecule is Cc1ccc(C(=O)NC2CCN(C(=O)c3ccc(-c4cncnc4)cc3)CC2)cc1. The number of likely N-dealkylation sites (tertiary alicyclic amines) is 1. The van der Waals surface area contributed by atoms with Gasteiger partial charge >= 0.3 is 0 Å². The normalized spacial score (nSPS) is 14.4. The summed E-state index contributed by atoms with van der Waals surface area (Å²) in [6, 6.07) is 15.2. The molecule has 0 spiro atoms. The van der Waals surface area contributed by atoms with Gasteiger partial charge in [0.25, 0.3) is 11.8 Å². The van der Waals surface area contributed by atoms with Crippen molar-refractivity contribution in [2.45, 2.75) is 25.8 Å². The van der Waals surface area contributed by atoms with Gasteiger partial charge in [0.1, 0.15) is 6.33 Å². The number of rotatable bonds is 4. The average molecular weight is 400 g/mol. The van der Waals surface area contributed by atoms with Crippen LogP contribution in [0.25, 0.3) is 11.1 Å². The van der Waals surface area contributed by atoms with Gasteiger partial charge in [0.05, 0.1) is 0 Å². The van der Waals surface area contributed by atoms with Crippen LogP contribution in [-0.2, 0) is 0 Å². The second-order valence-electron chi connectivity index (χ2n) is 7.61. The fourth-order valence-corrected chi connectivity index (χ4v) is 3.64. The second kappa shape index (κ2) is 8.86. The Balaban J connectivity index is 1.32. The summed E-state index contributed by atoms with van der Waals surface area (Å²) in [7, 11) is 0. The van der Waals surface area contributed by atoms with Gasteiger partial charge in [-0.3, -0.25) is 9.59 Å². The number of carbonyl (C=O) groups is 2. The number of benzene rings is 2. The van der Waals surface area contributed by atoms with Gasteiger partial charge in [0, 0.05) is 48.2 Å². The van der Waals surface area contributed by atoms with Crippen LogP contribution in [0.2, 0.25) is 0 Å². The first-order chi connectivity index (χ1) is 14.6. The van der Waals surface area contributed by atoms with Crippen molar-refractivity contribution in [1.82, 2.24) is 20.2 Å². The van der Waals surface area contributed by atoms with Crippen molar-refractivity contribution < 1.29 is 9.59 Å². The third kappa shape index (κ3) is 4.54. The summed E-state index contributed by atoms with van der Waals surface area (Å²) in [5.41, 5.74) is 4.36. The lowest BCUT2D eigenvalue weighted by Gasteiger charge is -2.32. The number of piperidine rings is 1. The van der Waals surface area contributed by atoms with Crippen molar-refractivity contribution in [3.63, 3.8) is 0 Å². The van der Waals surface area contributed by atoms with E-state index in [4.69, 9.17) is 0 Å². The highest BCUT2D eigenvalue weighted by molar-refractivity contribution is 5.95. The molecule has 2 heterocycles. The third-order valence-electron chi connectivity index (χ3n) is 5.46. The van der Waals surface area contributed by atoms with E-state index in [1.807, 2.05) is 60.4 Å². The van der Waals surface area contributed by atoms with Crippen LogP contribution < -0.4 is 5.32 Å². The first-order valence-corrected chi connectivity index (χ1v) is 10.1. The van der Waals surface area contributed by atoms with E-state index in [9.17, 15) is 9.59 Å². The summed E-state index contributed by atoms with van der Waals surface area (Å²) in [6.45, 7) is 3.26. The minimum atomic E-state index is -0.0553. The summed E-state index contributed by atoms with van der Waals surface area (Å²) in [4.78, 5) is 35.2. The minimum absolute atomic E-state index is 0.0224. The van der Waals surface area contributed by atoms with Crippen LogP contribution in [0.4, 0.5) is 0 Å². The van der Waals surface area contributed by atoms with Crippen LogP contribution in [0, 0.1) is 6.92 Å². The number of aromatic nitrogens is 2. The Morgan fingerprint density at radius 1 is 0.867 bits per heavy atom. The fraction of sp³-hybridized carbons (Fsp3) is 0.250. The molecule has 152 valence electrons. The molecule has 1 aromatic heterocycles. The molecule has 0 bridgehead atoms. The maximum absolute atomic E-state index is 12.8. The van der Waals surface area contributed by atoms with Crippen molar-refractivity contribution in [3.8, 4) is 11.1 Å². The highest BCUT2D eigenvalue weighted by Crippen LogP contribution is 2.20. The number of nitrogens with zero attached hydrogens (tertiary/aromatic N) is 3. The molecule has 6 nitrogen and oxygen atoms in total. The van der Waals surface area contributed by atoms with Crippen molar-refractivity contribution in [2.24, 2.45) is 0 Å². The molecule has 1 saturated heterocycles. The van der Waals surface area contributed by atoms with Crippen molar-refractivity contribution in [3.05, 3.63) is 83.9 Å². The quantitative estimate of drug-likeness (QED) is 0.727. The monoisotopic (exact) mass is 400 g/mol. The molecule has 3 aromatic rings. The number of aryl methyl sites for hydroxylation is 1. The molecule has 0 aliphatic carbocycles. The molecule has 1 aliphatic rings. The van der Waals surface area contributed by atoms with E-state index in [-0.39, 0.29) is 17.9 Å². The first kappa shape index (κ1) is 19.8. The van der Waals surface area contributed by atoms with Gasteiger partial charge in [-0.2, -0.15) is 0 Å². The Hall–Kier alpha value is -3.54. The molecular weight excluding hydrogens is 376 g/mol. The Bertz CT molecular complexity index is 1010. The van der Waals surface area contributed by atoms with E-state index in [2.05, 4.69) is 15.3 Å². The molecule has 0 unspecified atom stereocenters.